The number of nitrogens with zero attached hydrogens (tertiary/aromatic N) is 1. The van der Waals surface area contributed by atoms with Crippen LogP contribution in [0.15, 0.2) is 48.5 Å². The van der Waals surface area contributed by atoms with Gasteiger partial charge in [0.25, 0.3) is 0 Å². The minimum Gasteiger partial charge on any atom is -0.385 e. The quantitative estimate of drug-likeness (QED) is 0.321. The molecule has 202 valence electrons. The van der Waals surface area contributed by atoms with Crippen LogP contribution in [-0.4, -0.2) is 55.1 Å². The molecule has 0 bridgehead atoms. The summed E-state index contributed by atoms with van der Waals surface area (Å²) < 4.78 is 22.5. The van der Waals surface area contributed by atoms with Crippen molar-refractivity contribution in [3.63, 3.8) is 0 Å². The van der Waals surface area contributed by atoms with Crippen molar-refractivity contribution in [3.8, 4) is 0 Å². The van der Waals surface area contributed by atoms with E-state index >= 15 is 0 Å². The van der Waals surface area contributed by atoms with E-state index in [2.05, 4.69) is 36.4 Å². The Hall–Kier alpha value is -2.29. The predicted octanol–water partition coefficient (Wildman–Crippen LogP) is 4.94. The molecule has 2 fully saturated rings. The molecule has 0 spiro atoms. The first-order valence-electron chi connectivity index (χ1n) is 13.5. The summed E-state index contributed by atoms with van der Waals surface area (Å²) in [5.41, 5.74) is 3.41. The average molecular weight is 512 g/mol. The SMILES string of the molecule is CCOC(CCc1ccc(N2C(=O)CC2c2ccc(CCC3(O)COC(C)(C)OC3)cc2)cc1)OCC. The number of carbonyl (C=O) groups excluding carboxylic acids is 1. The molecule has 7 heteroatoms. The van der Waals surface area contributed by atoms with Gasteiger partial charge in [0.2, 0.25) is 5.91 Å². The summed E-state index contributed by atoms with van der Waals surface area (Å²) >= 11 is 0. The van der Waals surface area contributed by atoms with Crippen LogP contribution in [0.5, 0.6) is 0 Å². The summed E-state index contributed by atoms with van der Waals surface area (Å²) in [4.78, 5) is 14.4. The summed E-state index contributed by atoms with van der Waals surface area (Å²) in [5.74, 6) is -0.506. The van der Waals surface area contributed by atoms with Crippen molar-refractivity contribution in [1.82, 2.24) is 0 Å². The van der Waals surface area contributed by atoms with Gasteiger partial charge in [0.15, 0.2) is 12.1 Å². The Kier molecular flexibility index (Phi) is 9.03. The van der Waals surface area contributed by atoms with Crippen LogP contribution in [0.3, 0.4) is 0 Å². The number of rotatable bonds is 12. The Bertz CT molecular complexity index is 1000. The highest BCUT2D eigenvalue weighted by atomic mass is 16.7. The molecular weight excluding hydrogens is 470 g/mol. The molecule has 2 saturated heterocycles. The Morgan fingerprint density at radius 1 is 0.946 bits per heavy atom. The predicted molar refractivity (Wildman–Crippen MR) is 142 cm³/mol. The summed E-state index contributed by atoms with van der Waals surface area (Å²) in [5, 5.41) is 10.8. The van der Waals surface area contributed by atoms with Crippen molar-refractivity contribution in [1.29, 1.82) is 0 Å². The van der Waals surface area contributed by atoms with E-state index in [-0.39, 0.29) is 31.5 Å². The molecule has 1 amide bonds. The van der Waals surface area contributed by atoms with E-state index in [0.29, 0.717) is 26.1 Å². The molecule has 2 heterocycles. The third-order valence-corrected chi connectivity index (χ3v) is 7.16. The van der Waals surface area contributed by atoms with Gasteiger partial charge in [-0.25, -0.2) is 0 Å². The number of aliphatic hydroxyl groups is 1. The van der Waals surface area contributed by atoms with E-state index in [9.17, 15) is 9.90 Å². The maximum Gasteiger partial charge on any atom is 0.230 e. The van der Waals surface area contributed by atoms with Crippen molar-refractivity contribution < 1.29 is 28.8 Å². The highest BCUT2D eigenvalue weighted by Gasteiger charge is 2.39. The lowest BCUT2D eigenvalue weighted by Gasteiger charge is -2.41. The standard InChI is InChI=1S/C30H41NO6/c1-5-34-28(35-6-2)16-11-22-9-14-25(15-10-22)31-26(19-27(31)32)24-12-7-23(8-13-24)17-18-30(33)20-36-29(3,4)37-21-30/h7-10,12-15,26,28,33H,5-6,11,16-21H2,1-4H3. The van der Waals surface area contributed by atoms with E-state index < -0.39 is 11.4 Å². The zero-order chi connectivity index (χ0) is 26.5. The largest absolute Gasteiger partial charge is 0.385 e. The summed E-state index contributed by atoms with van der Waals surface area (Å²) in [7, 11) is 0. The first-order valence-corrected chi connectivity index (χ1v) is 13.5. The van der Waals surface area contributed by atoms with E-state index in [1.165, 1.54) is 5.56 Å². The molecule has 1 unspecified atom stereocenters. The Balaban J connectivity index is 1.32. The number of carbonyl (C=O) groups is 1. The van der Waals surface area contributed by atoms with Crippen molar-refractivity contribution in [3.05, 3.63) is 65.2 Å². The van der Waals surface area contributed by atoms with E-state index in [1.54, 1.807) is 0 Å². The summed E-state index contributed by atoms with van der Waals surface area (Å²) in [6, 6.07) is 16.6. The van der Waals surface area contributed by atoms with E-state index in [0.717, 1.165) is 36.1 Å². The fraction of sp³-hybridized carbons (Fsp3) is 0.567. The molecule has 2 aliphatic heterocycles. The molecule has 0 aliphatic carbocycles. The van der Waals surface area contributed by atoms with Gasteiger partial charge in [0.1, 0.15) is 5.60 Å². The zero-order valence-corrected chi connectivity index (χ0v) is 22.6. The number of benzene rings is 2. The monoisotopic (exact) mass is 511 g/mol. The fourth-order valence-electron chi connectivity index (χ4n) is 4.83. The molecule has 4 rings (SSSR count). The smallest absolute Gasteiger partial charge is 0.230 e. The number of β-lactam (4-membered cyclic amide) rings is 1. The normalized spacial score (nSPS) is 20.8. The first kappa shape index (κ1) is 27.7. The lowest BCUT2D eigenvalue weighted by Crippen LogP contribution is -2.51. The Morgan fingerprint density at radius 2 is 1.51 bits per heavy atom. The number of amides is 1. The number of anilines is 1. The van der Waals surface area contributed by atoms with Gasteiger partial charge >= 0.3 is 0 Å². The van der Waals surface area contributed by atoms with Gasteiger partial charge in [-0.15, -0.1) is 0 Å². The van der Waals surface area contributed by atoms with Gasteiger partial charge < -0.3 is 29.0 Å². The maximum absolute atomic E-state index is 12.5. The minimum atomic E-state index is -0.968. The number of hydrogen-bond acceptors (Lipinski definition) is 6. The molecular formula is C30H41NO6. The number of aryl methyl sites for hydroxylation is 2. The second-order valence-corrected chi connectivity index (χ2v) is 10.5. The minimum absolute atomic E-state index is 0.0410. The molecule has 2 aliphatic rings. The third-order valence-electron chi connectivity index (χ3n) is 7.16. The molecule has 7 nitrogen and oxygen atoms in total. The van der Waals surface area contributed by atoms with Gasteiger partial charge in [-0.3, -0.25) is 4.79 Å². The van der Waals surface area contributed by atoms with Crippen molar-refractivity contribution in [2.24, 2.45) is 0 Å². The highest BCUT2D eigenvalue weighted by Crippen LogP contribution is 2.39. The van der Waals surface area contributed by atoms with Crippen LogP contribution in [0.4, 0.5) is 5.69 Å². The maximum atomic E-state index is 12.5. The van der Waals surface area contributed by atoms with Crippen LogP contribution in [0.2, 0.25) is 0 Å². The van der Waals surface area contributed by atoms with Crippen molar-refractivity contribution in [2.75, 3.05) is 31.3 Å². The lowest BCUT2D eigenvalue weighted by atomic mass is 9.90. The van der Waals surface area contributed by atoms with E-state index in [1.807, 2.05) is 44.7 Å². The Labute approximate surface area is 220 Å². The van der Waals surface area contributed by atoms with Crippen molar-refractivity contribution >= 4 is 11.6 Å². The molecule has 0 saturated carbocycles. The molecule has 0 radical (unpaired) electrons. The van der Waals surface area contributed by atoms with Gasteiger partial charge in [-0.1, -0.05) is 36.4 Å². The molecule has 0 aromatic heterocycles. The zero-order valence-electron chi connectivity index (χ0n) is 22.6. The molecule has 37 heavy (non-hydrogen) atoms. The molecule has 1 atom stereocenters. The van der Waals surface area contributed by atoms with Crippen LogP contribution in [0, 0.1) is 0 Å². The van der Waals surface area contributed by atoms with Gasteiger partial charge in [0, 0.05) is 25.3 Å². The number of ether oxygens (including phenoxy) is 4. The lowest BCUT2D eigenvalue weighted by molar-refractivity contribution is -0.302. The van der Waals surface area contributed by atoms with Gasteiger partial charge in [-0.2, -0.15) is 0 Å². The topological polar surface area (TPSA) is 77.5 Å². The Morgan fingerprint density at radius 3 is 2.08 bits per heavy atom. The molecule has 2 aromatic carbocycles. The summed E-state index contributed by atoms with van der Waals surface area (Å²) in [6.07, 6.45) is 3.28. The average Bonchev–Trinajstić information content (AvgIpc) is 2.88. The molecule has 2 aromatic rings. The van der Waals surface area contributed by atoms with Gasteiger partial charge in [-0.05, 0) is 75.8 Å². The van der Waals surface area contributed by atoms with Gasteiger partial charge in [0.05, 0.1) is 25.7 Å². The van der Waals surface area contributed by atoms with Crippen LogP contribution in [0.25, 0.3) is 0 Å². The fourth-order valence-corrected chi connectivity index (χ4v) is 4.83. The van der Waals surface area contributed by atoms with E-state index in [4.69, 9.17) is 18.9 Å². The molecule has 1 N–H and O–H groups in total. The second-order valence-electron chi connectivity index (χ2n) is 10.5. The second kappa shape index (κ2) is 12.0. The summed E-state index contributed by atoms with van der Waals surface area (Å²) in [6.45, 7) is 9.48. The van der Waals surface area contributed by atoms with Crippen LogP contribution in [0.1, 0.15) is 69.7 Å². The number of hydrogen-bond donors (Lipinski definition) is 1. The van der Waals surface area contributed by atoms with Crippen LogP contribution < -0.4 is 4.90 Å². The third kappa shape index (κ3) is 7.18. The highest BCUT2D eigenvalue weighted by molar-refractivity contribution is 6.01. The van der Waals surface area contributed by atoms with Crippen LogP contribution >= 0.6 is 0 Å². The first-order chi connectivity index (χ1) is 17.7. The van der Waals surface area contributed by atoms with Crippen molar-refractivity contribution in [2.45, 2.75) is 83.5 Å². The van der Waals surface area contributed by atoms with Crippen LogP contribution in [-0.2, 0) is 36.6 Å².